The van der Waals surface area contributed by atoms with E-state index < -0.39 is 0 Å². The summed E-state index contributed by atoms with van der Waals surface area (Å²) < 4.78 is 7.01. The van der Waals surface area contributed by atoms with Gasteiger partial charge in [-0.25, -0.2) is 14.8 Å². The molecule has 8 heteroatoms. The number of urea groups is 1. The Balaban J connectivity index is 1.73. The molecule has 0 fully saturated rings. The number of carbonyl (C=O) groups excluding carboxylic acids is 1. The Morgan fingerprint density at radius 3 is 2.52 bits per heavy atom. The zero-order valence-electron chi connectivity index (χ0n) is 14.6. The molecule has 0 spiro atoms. The topological polar surface area (TPSA) is 97.9 Å². The van der Waals surface area contributed by atoms with E-state index in [-0.39, 0.29) is 12.1 Å². The van der Waals surface area contributed by atoms with Crippen molar-refractivity contribution < 1.29 is 9.21 Å². The zero-order valence-corrected chi connectivity index (χ0v) is 14.6. The van der Waals surface area contributed by atoms with Crippen LogP contribution in [0.4, 0.5) is 10.6 Å². The van der Waals surface area contributed by atoms with Crippen molar-refractivity contribution >= 4 is 11.8 Å². The van der Waals surface area contributed by atoms with Gasteiger partial charge in [0.15, 0.2) is 0 Å². The SMILES string of the molecule is Cc1cc(C)nc(-n2nccc2NC(=O)N[C@@H](C)c2ccc(C)o2)n1. The van der Waals surface area contributed by atoms with E-state index in [0.717, 1.165) is 17.1 Å². The maximum atomic E-state index is 12.3. The minimum atomic E-state index is -0.368. The normalized spacial score (nSPS) is 12.0. The zero-order chi connectivity index (χ0) is 18.0. The van der Waals surface area contributed by atoms with Crippen molar-refractivity contribution in [2.75, 3.05) is 5.32 Å². The van der Waals surface area contributed by atoms with Gasteiger partial charge < -0.3 is 9.73 Å². The first kappa shape index (κ1) is 16.7. The van der Waals surface area contributed by atoms with Gasteiger partial charge in [0.1, 0.15) is 17.3 Å². The Labute approximate surface area is 145 Å². The van der Waals surface area contributed by atoms with Crippen molar-refractivity contribution in [1.82, 2.24) is 25.1 Å². The summed E-state index contributed by atoms with van der Waals surface area (Å²) in [6.07, 6.45) is 1.58. The summed E-state index contributed by atoms with van der Waals surface area (Å²) in [5.74, 6) is 2.38. The second-order valence-corrected chi connectivity index (χ2v) is 5.85. The molecule has 0 aliphatic carbocycles. The van der Waals surface area contributed by atoms with Crippen LogP contribution < -0.4 is 10.6 Å². The maximum Gasteiger partial charge on any atom is 0.320 e. The highest BCUT2D eigenvalue weighted by atomic mass is 16.3. The van der Waals surface area contributed by atoms with E-state index in [2.05, 4.69) is 25.7 Å². The number of hydrogen-bond acceptors (Lipinski definition) is 5. The van der Waals surface area contributed by atoms with Crippen molar-refractivity contribution in [3.05, 3.63) is 53.4 Å². The molecule has 0 unspecified atom stereocenters. The fourth-order valence-corrected chi connectivity index (χ4v) is 2.47. The molecule has 0 radical (unpaired) electrons. The fraction of sp³-hybridized carbons (Fsp3) is 0.294. The van der Waals surface area contributed by atoms with E-state index >= 15 is 0 Å². The number of aryl methyl sites for hydroxylation is 3. The molecular weight excluding hydrogens is 320 g/mol. The Morgan fingerprint density at radius 1 is 1.16 bits per heavy atom. The molecule has 3 heterocycles. The molecule has 1 atom stereocenters. The molecule has 0 aromatic carbocycles. The standard InChI is InChI=1S/C17H20N6O2/c1-10-9-11(2)20-16(19-10)23-15(7-8-18-23)22-17(24)21-13(4)14-6-5-12(3)25-14/h5-9,13H,1-4H3,(H2,21,22,24)/t13-/m0/s1. The average Bonchev–Trinajstić information content (AvgIpc) is 3.15. The van der Waals surface area contributed by atoms with E-state index in [0.29, 0.717) is 17.5 Å². The Kier molecular flexibility index (Phi) is 4.51. The largest absolute Gasteiger partial charge is 0.464 e. The Hall–Kier alpha value is -3.16. The van der Waals surface area contributed by atoms with E-state index in [4.69, 9.17) is 4.42 Å². The Morgan fingerprint density at radius 2 is 1.88 bits per heavy atom. The van der Waals surface area contributed by atoms with Gasteiger partial charge in [0.2, 0.25) is 0 Å². The average molecular weight is 340 g/mol. The van der Waals surface area contributed by atoms with Crippen molar-refractivity contribution in [2.24, 2.45) is 0 Å². The molecule has 0 aliphatic rings. The number of carbonyl (C=O) groups is 1. The van der Waals surface area contributed by atoms with Crippen LogP contribution in [0.1, 0.15) is 35.9 Å². The summed E-state index contributed by atoms with van der Waals surface area (Å²) in [6, 6.07) is 6.63. The van der Waals surface area contributed by atoms with Crippen molar-refractivity contribution in [1.29, 1.82) is 0 Å². The smallest absolute Gasteiger partial charge is 0.320 e. The van der Waals surface area contributed by atoms with E-state index in [1.54, 1.807) is 12.3 Å². The minimum Gasteiger partial charge on any atom is -0.464 e. The lowest BCUT2D eigenvalue weighted by atomic mass is 10.2. The van der Waals surface area contributed by atoms with Gasteiger partial charge in [0, 0.05) is 17.5 Å². The second kappa shape index (κ2) is 6.76. The van der Waals surface area contributed by atoms with E-state index in [1.807, 2.05) is 45.9 Å². The molecule has 3 rings (SSSR count). The number of aromatic nitrogens is 4. The molecule has 25 heavy (non-hydrogen) atoms. The summed E-state index contributed by atoms with van der Waals surface area (Å²) >= 11 is 0. The van der Waals surface area contributed by atoms with Crippen LogP contribution in [0, 0.1) is 20.8 Å². The lowest BCUT2D eigenvalue weighted by Gasteiger charge is -2.13. The number of nitrogens with one attached hydrogen (secondary N) is 2. The molecule has 2 N–H and O–H groups in total. The number of furan rings is 1. The molecular formula is C17H20N6O2. The van der Waals surface area contributed by atoms with Gasteiger partial charge in [-0.2, -0.15) is 9.78 Å². The number of amides is 2. The predicted molar refractivity (Wildman–Crippen MR) is 92.6 cm³/mol. The summed E-state index contributed by atoms with van der Waals surface area (Å²) in [7, 11) is 0. The highest BCUT2D eigenvalue weighted by molar-refractivity contribution is 5.88. The maximum absolute atomic E-state index is 12.3. The van der Waals surface area contributed by atoms with Gasteiger partial charge in [0.25, 0.3) is 5.95 Å². The van der Waals surface area contributed by atoms with Gasteiger partial charge >= 0.3 is 6.03 Å². The van der Waals surface area contributed by atoms with Crippen molar-refractivity contribution in [3.63, 3.8) is 0 Å². The van der Waals surface area contributed by atoms with Crippen LogP contribution in [0.15, 0.2) is 34.9 Å². The first-order chi connectivity index (χ1) is 11.9. The summed E-state index contributed by atoms with van der Waals surface area (Å²) in [5, 5.41) is 9.78. The van der Waals surface area contributed by atoms with E-state index in [1.165, 1.54) is 4.68 Å². The molecule has 3 aromatic rings. The van der Waals surface area contributed by atoms with Crippen LogP contribution in [-0.4, -0.2) is 25.8 Å². The number of rotatable bonds is 4. The monoisotopic (exact) mass is 340 g/mol. The highest BCUT2D eigenvalue weighted by Crippen LogP contribution is 2.16. The summed E-state index contributed by atoms with van der Waals surface area (Å²) in [6.45, 7) is 7.48. The van der Waals surface area contributed by atoms with Crippen molar-refractivity contribution in [2.45, 2.75) is 33.7 Å². The van der Waals surface area contributed by atoms with Crippen LogP contribution in [0.2, 0.25) is 0 Å². The van der Waals surface area contributed by atoms with Crippen LogP contribution in [0.3, 0.4) is 0 Å². The predicted octanol–water partition coefficient (Wildman–Crippen LogP) is 3.06. The molecule has 2 amide bonds. The molecule has 0 saturated heterocycles. The van der Waals surface area contributed by atoms with Gasteiger partial charge in [-0.1, -0.05) is 0 Å². The molecule has 0 bridgehead atoms. The summed E-state index contributed by atoms with van der Waals surface area (Å²) in [5.41, 5.74) is 1.66. The molecule has 3 aromatic heterocycles. The van der Waals surface area contributed by atoms with Crippen LogP contribution in [-0.2, 0) is 0 Å². The fourth-order valence-electron chi connectivity index (χ4n) is 2.47. The molecule has 0 saturated carbocycles. The van der Waals surface area contributed by atoms with Gasteiger partial charge in [-0.15, -0.1) is 0 Å². The van der Waals surface area contributed by atoms with Crippen LogP contribution in [0.5, 0.6) is 0 Å². The molecule has 8 nitrogen and oxygen atoms in total. The van der Waals surface area contributed by atoms with Crippen molar-refractivity contribution in [3.8, 4) is 5.95 Å². The third kappa shape index (κ3) is 3.85. The first-order valence-corrected chi connectivity index (χ1v) is 7.93. The highest BCUT2D eigenvalue weighted by Gasteiger charge is 2.15. The lowest BCUT2D eigenvalue weighted by Crippen LogP contribution is -2.31. The van der Waals surface area contributed by atoms with Crippen LogP contribution >= 0.6 is 0 Å². The first-order valence-electron chi connectivity index (χ1n) is 7.93. The van der Waals surface area contributed by atoms with E-state index in [9.17, 15) is 4.79 Å². The number of nitrogens with zero attached hydrogens (tertiary/aromatic N) is 4. The number of anilines is 1. The lowest BCUT2D eigenvalue weighted by molar-refractivity contribution is 0.247. The second-order valence-electron chi connectivity index (χ2n) is 5.85. The quantitative estimate of drug-likeness (QED) is 0.760. The minimum absolute atomic E-state index is 0.262. The van der Waals surface area contributed by atoms with Gasteiger partial charge in [-0.05, 0) is 45.9 Å². The third-order valence-electron chi connectivity index (χ3n) is 3.58. The molecule has 0 aliphatic heterocycles. The van der Waals surface area contributed by atoms with Gasteiger partial charge in [-0.3, -0.25) is 5.32 Å². The van der Waals surface area contributed by atoms with Crippen LogP contribution in [0.25, 0.3) is 5.95 Å². The molecule has 130 valence electrons. The third-order valence-corrected chi connectivity index (χ3v) is 3.58. The Bertz CT molecular complexity index is 878. The van der Waals surface area contributed by atoms with Gasteiger partial charge in [0.05, 0.1) is 12.2 Å². The summed E-state index contributed by atoms with van der Waals surface area (Å²) in [4.78, 5) is 21.0. The number of hydrogen-bond donors (Lipinski definition) is 2.